The molecule has 1 N–H and O–H groups in total. The summed E-state index contributed by atoms with van der Waals surface area (Å²) in [4.78, 5) is 13.6. The Morgan fingerprint density at radius 1 is 1.50 bits per heavy atom. The number of nitrogens with one attached hydrogen (secondary N) is 1. The third-order valence-electron chi connectivity index (χ3n) is 2.42. The summed E-state index contributed by atoms with van der Waals surface area (Å²) in [6, 6.07) is 0. The maximum absolute atomic E-state index is 11.8. The lowest BCUT2D eigenvalue weighted by Gasteiger charge is -2.28. The van der Waals surface area contributed by atoms with Crippen molar-refractivity contribution in [2.75, 3.05) is 38.2 Å². The number of amides is 1. The van der Waals surface area contributed by atoms with Gasteiger partial charge >= 0.3 is 0 Å². The van der Waals surface area contributed by atoms with Gasteiger partial charge in [0.2, 0.25) is 5.91 Å². The molecular weight excluding hydrogens is 200 g/mol. The maximum atomic E-state index is 11.8. The standard InChI is InChI=1S/C9H18N2O2S/c1-8(7-10-2)9(12)11-3-5-14(13)6-4-11/h8,10H,3-7H2,1-2H3. The van der Waals surface area contributed by atoms with Gasteiger partial charge in [-0.2, -0.15) is 0 Å². The highest BCUT2D eigenvalue weighted by Gasteiger charge is 2.23. The largest absolute Gasteiger partial charge is 0.341 e. The fourth-order valence-electron chi connectivity index (χ4n) is 1.56. The van der Waals surface area contributed by atoms with Crippen LogP contribution in [0.5, 0.6) is 0 Å². The number of hydrogen-bond acceptors (Lipinski definition) is 3. The van der Waals surface area contributed by atoms with E-state index in [0.717, 1.165) is 0 Å². The Kier molecular flexibility index (Phi) is 4.54. The minimum absolute atomic E-state index is 0.0199. The smallest absolute Gasteiger partial charge is 0.226 e. The van der Waals surface area contributed by atoms with Crippen LogP contribution in [0.15, 0.2) is 0 Å². The summed E-state index contributed by atoms with van der Waals surface area (Å²) < 4.78 is 11.1. The van der Waals surface area contributed by atoms with Crippen molar-refractivity contribution in [3.8, 4) is 0 Å². The topological polar surface area (TPSA) is 49.4 Å². The SMILES string of the molecule is CNCC(C)C(=O)N1CCS(=O)CC1. The van der Waals surface area contributed by atoms with Gasteiger partial charge in [-0.05, 0) is 7.05 Å². The molecule has 4 nitrogen and oxygen atoms in total. The summed E-state index contributed by atoms with van der Waals surface area (Å²) in [7, 11) is 1.14. The molecule has 0 radical (unpaired) electrons. The Morgan fingerprint density at radius 3 is 2.57 bits per heavy atom. The van der Waals surface area contributed by atoms with Gasteiger partial charge in [-0.15, -0.1) is 0 Å². The summed E-state index contributed by atoms with van der Waals surface area (Å²) in [6.07, 6.45) is 0. The van der Waals surface area contributed by atoms with Crippen LogP contribution in [0.3, 0.4) is 0 Å². The van der Waals surface area contributed by atoms with Gasteiger partial charge in [0.15, 0.2) is 0 Å². The number of carbonyl (C=O) groups is 1. The van der Waals surface area contributed by atoms with Crippen molar-refractivity contribution in [1.82, 2.24) is 10.2 Å². The molecule has 0 aromatic rings. The number of nitrogens with zero attached hydrogens (tertiary/aromatic N) is 1. The van der Waals surface area contributed by atoms with E-state index in [1.54, 1.807) is 0 Å². The summed E-state index contributed by atoms with van der Waals surface area (Å²) in [6.45, 7) is 3.93. The Balaban J connectivity index is 2.41. The van der Waals surface area contributed by atoms with Crippen molar-refractivity contribution >= 4 is 16.7 Å². The molecule has 1 saturated heterocycles. The van der Waals surface area contributed by atoms with Crippen molar-refractivity contribution in [2.24, 2.45) is 5.92 Å². The average Bonchev–Trinajstić information content (AvgIpc) is 2.18. The van der Waals surface area contributed by atoms with Crippen LogP contribution < -0.4 is 5.32 Å². The van der Waals surface area contributed by atoms with E-state index in [-0.39, 0.29) is 11.8 Å². The quantitative estimate of drug-likeness (QED) is 0.690. The minimum atomic E-state index is -0.704. The van der Waals surface area contributed by atoms with Gasteiger partial charge in [-0.1, -0.05) is 6.92 Å². The maximum Gasteiger partial charge on any atom is 0.226 e. The molecule has 1 rings (SSSR count). The first-order valence-electron chi connectivity index (χ1n) is 4.93. The van der Waals surface area contributed by atoms with E-state index in [2.05, 4.69) is 5.32 Å². The zero-order chi connectivity index (χ0) is 10.6. The van der Waals surface area contributed by atoms with Crippen LogP contribution in [-0.2, 0) is 15.6 Å². The Morgan fingerprint density at radius 2 is 2.07 bits per heavy atom. The van der Waals surface area contributed by atoms with Crippen molar-refractivity contribution in [1.29, 1.82) is 0 Å². The summed E-state index contributed by atoms with van der Waals surface area (Å²) in [5.74, 6) is 1.47. The van der Waals surface area contributed by atoms with Crippen LogP contribution in [0, 0.1) is 5.92 Å². The zero-order valence-corrected chi connectivity index (χ0v) is 9.60. The summed E-state index contributed by atoms with van der Waals surface area (Å²) in [5.41, 5.74) is 0. The van der Waals surface area contributed by atoms with Gasteiger partial charge in [-0.25, -0.2) is 0 Å². The molecule has 1 atom stereocenters. The van der Waals surface area contributed by atoms with E-state index < -0.39 is 10.8 Å². The van der Waals surface area contributed by atoms with E-state index >= 15 is 0 Å². The van der Waals surface area contributed by atoms with Gasteiger partial charge in [0.1, 0.15) is 0 Å². The van der Waals surface area contributed by atoms with Crippen LogP contribution in [0.4, 0.5) is 0 Å². The first-order chi connectivity index (χ1) is 6.65. The lowest BCUT2D eigenvalue weighted by molar-refractivity contribution is -0.134. The Bertz CT molecular complexity index is 223. The highest BCUT2D eigenvalue weighted by Crippen LogP contribution is 2.06. The Labute approximate surface area is 87.5 Å². The monoisotopic (exact) mass is 218 g/mol. The lowest BCUT2D eigenvalue weighted by Crippen LogP contribution is -2.45. The molecular formula is C9H18N2O2S. The van der Waals surface area contributed by atoms with Gasteiger partial charge in [0, 0.05) is 47.9 Å². The molecule has 1 heterocycles. The molecule has 5 heteroatoms. The second-order valence-corrected chi connectivity index (χ2v) is 5.33. The molecule has 1 amide bonds. The third kappa shape index (κ3) is 3.06. The molecule has 82 valence electrons. The second kappa shape index (κ2) is 5.46. The predicted molar refractivity (Wildman–Crippen MR) is 57.5 cm³/mol. The first-order valence-corrected chi connectivity index (χ1v) is 6.42. The molecule has 14 heavy (non-hydrogen) atoms. The van der Waals surface area contributed by atoms with E-state index in [1.165, 1.54) is 0 Å². The minimum Gasteiger partial charge on any atom is -0.341 e. The molecule has 0 aromatic carbocycles. The summed E-state index contributed by atoms with van der Waals surface area (Å²) in [5, 5.41) is 2.99. The third-order valence-corrected chi connectivity index (χ3v) is 3.70. The molecule has 0 bridgehead atoms. The highest BCUT2D eigenvalue weighted by atomic mass is 32.2. The van der Waals surface area contributed by atoms with Crippen molar-refractivity contribution < 1.29 is 9.00 Å². The molecule has 0 aromatic heterocycles. The fourth-order valence-corrected chi connectivity index (χ4v) is 2.62. The van der Waals surface area contributed by atoms with Crippen LogP contribution in [-0.4, -0.2) is 53.2 Å². The zero-order valence-electron chi connectivity index (χ0n) is 8.78. The average molecular weight is 218 g/mol. The van der Waals surface area contributed by atoms with E-state index in [9.17, 15) is 9.00 Å². The van der Waals surface area contributed by atoms with E-state index in [4.69, 9.17) is 0 Å². The van der Waals surface area contributed by atoms with Gasteiger partial charge < -0.3 is 10.2 Å². The highest BCUT2D eigenvalue weighted by molar-refractivity contribution is 7.85. The molecule has 1 aliphatic heterocycles. The molecule has 0 aliphatic carbocycles. The lowest BCUT2D eigenvalue weighted by atomic mass is 10.1. The van der Waals surface area contributed by atoms with Gasteiger partial charge in [0.25, 0.3) is 0 Å². The van der Waals surface area contributed by atoms with Gasteiger partial charge in [-0.3, -0.25) is 9.00 Å². The molecule has 0 saturated carbocycles. The normalized spacial score (nSPS) is 20.9. The molecule has 0 spiro atoms. The summed E-state index contributed by atoms with van der Waals surface area (Å²) >= 11 is 0. The van der Waals surface area contributed by atoms with Crippen molar-refractivity contribution in [2.45, 2.75) is 6.92 Å². The van der Waals surface area contributed by atoms with Crippen LogP contribution in [0.1, 0.15) is 6.92 Å². The number of rotatable bonds is 3. The number of carbonyl (C=O) groups excluding carboxylic acids is 1. The van der Waals surface area contributed by atoms with Crippen LogP contribution >= 0.6 is 0 Å². The van der Waals surface area contributed by atoms with E-state index in [0.29, 0.717) is 31.1 Å². The number of hydrogen-bond donors (Lipinski definition) is 1. The van der Waals surface area contributed by atoms with Crippen molar-refractivity contribution in [3.05, 3.63) is 0 Å². The Hall–Kier alpha value is -0.420. The van der Waals surface area contributed by atoms with Crippen LogP contribution in [0.25, 0.3) is 0 Å². The predicted octanol–water partition coefficient (Wildman–Crippen LogP) is -0.567. The van der Waals surface area contributed by atoms with Crippen molar-refractivity contribution in [3.63, 3.8) is 0 Å². The molecule has 1 aliphatic rings. The van der Waals surface area contributed by atoms with E-state index in [1.807, 2.05) is 18.9 Å². The molecule has 1 fully saturated rings. The van der Waals surface area contributed by atoms with Crippen LogP contribution in [0.2, 0.25) is 0 Å². The fraction of sp³-hybridized carbons (Fsp3) is 0.889. The first kappa shape index (κ1) is 11.7. The second-order valence-electron chi connectivity index (χ2n) is 3.63. The van der Waals surface area contributed by atoms with Gasteiger partial charge in [0.05, 0.1) is 0 Å². The molecule has 1 unspecified atom stereocenters.